The Morgan fingerprint density at radius 3 is 2.83 bits per heavy atom. The molecule has 0 aliphatic carbocycles. The fraction of sp³-hybridized carbons (Fsp3) is 0.308. The van der Waals surface area contributed by atoms with Gasteiger partial charge in [-0.2, -0.15) is 5.10 Å². The van der Waals surface area contributed by atoms with Crippen LogP contribution in [0.3, 0.4) is 0 Å². The van der Waals surface area contributed by atoms with Gasteiger partial charge in [-0.3, -0.25) is 4.68 Å². The normalized spacial score (nSPS) is 10.9. The molecule has 5 heteroatoms. The molecule has 3 nitrogen and oxygen atoms in total. The van der Waals surface area contributed by atoms with Gasteiger partial charge in [-0.25, -0.2) is 0 Å². The molecule has 1 N–H and O–H groups in total. The van der Waals surface area contributed by atoms with E-state index in [9.17, 15) is 0 Å². The van der Waals surface area contributed by atoms with E-state index in [2.05, 4.69) is 40.2 Å². The van der Waals surface area contributed by atoms with E-state index in [0.717, 1.165) is 15.9 Å². The number of benzene rings is 1. The van der Waals surface area contributed by atoms with E-state index in [1.807, 2.05) is 35.1 Å². The molecule has 18 heavy (non-hydrogen) atoms. The van der Waals surface area contributed by atoms with Gasteiger partial charge in [0.05, 0.1) is 17.9 Å². The zero-order valence-electron chi connectivity index (χ0n) is 10.3. The Kier molecular flexibility index (Phi) is 4.30. The van der Waals surface area contributed by atoms with Crippen molar-refractivity contribution in [1.82, 2.24) is 9.78 Å². The van der Waals surface area contributed by atoms with E-state index >= 15 is 0 Å². The highest BCUT2D eigenvalue weighted by molar-refractivity contribution is 9.10. The third-order valence-corrected chi connectivity index (χ3v) is 3.51. The summed E-state index contributed by atoms with van der Waals surface area (Å²) in [7, 11) is 0. The van der Waals surface area contributed by atoms with Crippen molar-refractivity contribution < 1.29 is 0 Å². The fourth-order valence-electron chi connectivity index (χ4n) is 1.58. The maximum Gasteiger partial charge on any atom is 0.0815 e. The summed E-state index contributed by atoms with van der Waals surface area (Å²) in [5.74, 6) is 0. The molecule has 1 aromatic heterocycles. The minimum atomic E-state index is 0.386. The zero-order valence-corrected chi connectivity index (χ0v) is 12.7. The summed E-state index contributed by atoms with van der Waals surface area (Å²) in [6.45, 7) is 4.90. The number of rotatable bonds is 4. The maximum atomic E-state index is 5.96. The van der Waals surface area contributed by atoms with Gasteiger partial charge in [0.25, 0.3) is 0 Å². The molecule has 96 valence electrons. The topological polar surface area (TPSA) is 29.9 Å². The Morgan fingerprint density at radius 1 is 1.39 bits per heavy atom. The van der Waals surface area contributed by atoms with E-state index in [1.165, 1.54) is 0 Å². The first-order valence-corrected chi connectivity index (χ1v) is 6.96. The standard InChI is InChI=1S/C13H15BrClN3/c1-9(2)18-6-5-11(17-18)8-16-13-7-10(15)3-4-12(13)14/h3-7,9,16H,8H2,1-2H3. The first-order chi connectivity index (χ1) is 8.56. The number of hydrogen-bond acceptors (Lipinski definition) is 2. The molecule has 0 saturated heterocycles. The molecule has 0 radical (unpaired) electrons. The summed E-state index contributed by atoms with van der Waals surface area (Å²) in [5, 5.41) is 8.51. The predicted molar refractivity (Wildman–Crippen MR) is 79.1 cm³/mol. The van der Waals surface area contributed by atoms with Gasteiger partial charge < -0.3 is 5.32 Å². The lowest BCUT2D eigenvalue weighted by molar-refractivity contribution is 0.527. The molecule has 0 saturated carbocycles. The largest absolute Gasteiger partial charge is 0.378 e. The third-order valence-electron chi connectivity index (χ3n) is 2.58. The van der Waals surface area contributed by atoms with E-state index < -0.39 is 0 Å². The van der Waals surface area contributed by atoms with Crippen molar-refractivity contribution in [3.05, 3.63) is 45.7 Å². The quantitative estimate of drug-likeness (QED) is 0.896. The third kappa shape index (κ3) is 3.27. The minimum absolute atomic E-state index is 0.386. The van der Waals surface area contributed by atoms with Gasteiger partial charge in [-0.1, -0.05) is 11.6 Å². The molecule has 0 amide bonds. The van der Waals surface area contributed by atoms with E-state index in [-0.39, 0.29) is 0 Å². The summed E-state index contributed by atoms with van der Waals surface area (Å²) in [5.41, 5.74) is 1.98. The second kappa shape index (κ2) is 5.76. The second-order valence-electron chi connectivity index (χ2n) is 4.36. The van der Waals surface area contributed by atoms with Crippen molar-refractivity contribution in [2.24, 2.45) is 0 Å². The van der Waals surface area contributed by atoms with Crippen LogP contribution in [0.25, 0.3) is 0 Å². The van der Waals surface area contributed by atoms with Crippen molar-refractivity contribution in [3.8, 4) is 0 Å². The van der Waals surface area contributed by atoms with Crippen LogP contribution >= 0.6 is 27.5 Å². The highest BCUT2D eigenvalue weighted by atomic mass is 79.9. The van der Waals surface area contributed by atoms with Crippen LogP contribution in [0.1, 0.15) is 25.6 Å². The number of aromatic nitrogens is 2. The molecule has 0 atom stereocenters. The summed E-state index contributed by atoms with van der Waals surface area (Å²) in [6, 6.07) is 8.08. The van der Waals surface area contributed by atoms with Gasteiger partial charge in [0.15, 0.2) is 0 Å². The lowest BCUT2D eigenvalue weighted by Crippen LogP contribution is -2.05. The molecule has 2 rings (SSSR count). The van der Waals surface area contributed by atoms with Crippen LogP contribution in [0.15, 0.2) is 34.9 Å². The lowest BCUT2D eigenvalue weighted by Gasteiger charge is -2.08. The second-order valence-corrected chi connectivity index (χ2v) is 5.65. The molecular formula is C13H15BrClN3. The SMILES string of the molecule is CC(C)n1ccc(CNc2cc(Cl)ccc2Br)n1. The number of halogens is 2. The van der Waals surface area contributed by atoms with Crippen molar-refractivity contribution in [2.75, 3.05) is 5.32 Å². The van der Waals surface area contributed by atoms with E-state index in [4.69, 9.17) is 11.6 Å². The molecule has 1 heterocycles. The average molecular weight is 329 g/mol. The summed E-state index contributed by atoms with van der Waals surface area (Å²) in [4.78, 5) is 0. The van der Waals surface area contributed by atoms with Crippen molar-refractivity contribution in [2.45, 2.75) is 26.4 Å². The fourth-order valence-corrected chi connectivity index (χ4v) is 2.14. The summed E-state index contributed by atoms with van der Waals surface area (Å²) in [6.07, 6.45) is 1.99. The average Bonchev–Trinajstić information content (AvgIpc) is 2.79. The highest BCUT2D eigenvalue weighted by Gasteiger charge is 2.04. The Morgan fingerprint density at radius 2 is 2.17 bits per heavy atom. The minimum Gasteiger partial charge on any atom is -0.378 e. The van der Waals surface area contributed by atoms with Crippen LogP contribution in [-0.4, -0.2) is 9.78 Å². The molecule has 0 unspecified atom stereocenters. The molecule has 2 aromatic rings. The molecule has 0 aliphatic heterocycles. The Balaban J connectivity index is 2.04. The molecule has 0 fully saturated rings. The van der Waals surface area contributed by atoms with E-state index in [1.54, 1.807) is 0 Å². The molecule has 0 bridgehead atoms. The zero-order chi connectivity index (χ0) is 13.1. The lowest BCUT2D eigenvalue weighted by atomic mass is 10.3. The Bertz CT molecular complexity index is 537. The maximum absolute atomic E-state index is 5.96. The smallest absolute Gasteiger partial charge is 0.0815 e. The van der Waals surface area contributed by atoms with Crippen LogP contribution in [0.5, 0.6) is 0 Å². The van der Waals surface area contributed by atoms with Crippen LogP contribution < -0.4 is 5.32 Å². The van der Waals surface area contributed by atoms with E-state index in [0.29, 0.717) is 17.6 Å². The predicted octanol–water partition coefficient (Wildman–Crippen LogP) is 4.49. The number of hydrogen-bond donors (Lipinski definition) is 1. The van der Waals surface area contributed by atoms with Crippen molar-refractivity contribution >= 4 is 33.2 Å². The van der Waals surface area contributed by atoms with Gasteiger partial charge >= 0.3 is 0 Å². The number of nitrogens with one attached hydrogen (secondary N) is 1. The molecule has 0 aliphatic rings. The molecule has 1 aromatic carbocycles. The molecule has 0 spiro atoms. The van der Waals surface area contributed by atoms with Crippen LogP contribution in [-0.2, 0) is 6.54 Å². The van der Waals surface area contributed by atoms with Crippen LogP contribution in [0, 0.1) is 0 Å². The van der Waals surface area contributed by atoms with Crippen molar-refractivity contribution in [3.63, 3.8) is 0 Å². The summed E-state index contributed by atoms with van der Waals surface area (Å²) >= 11 is 9.45. The first-order valence-electron chi connectivity index (χ1n) is 5.79. The first kappa shape index (κ1) is 13.4. The van der Waals surface area contributed by atoms with Gasteiger partial charge in [0.2, 0.25) is 0 Å². The van der Waals surface area contributed by atoms with Crippen LogP contribution in [0.2, 0.25) is 5.02 Å². The van der Waals surface area contributed by atoms with Gasteiger partial charge in [-0.15, -0.1) is 0 Å². The monoisotopic (exact) mass is 327 g/mol. The van der Waals surface area contributed by atoms with Crippen LogP contribution in [0.4, 0.5) is 5.69 Å². The number of anilines is 1. The Hall–Kier alpha value is -1.000. The molecular weight excluding hydrogens is 314 g/mol. The van der Waals surface area contributed by atoms with Gasteiger partial charge in [-0.05, 0) is 54.0 Å². The van der Waals surface area contributed by atoms with Crippen molar-refractivity contribution in [1.29, 1.82) is 0 Å². The Labute approximate surface area is 120 Å². The van der Waals surface area contributed by atoms with Gasteiger partial charge in [0, 0.05) is 21.7 Å². The highest BCUT2D eigenvalue weighted by Crippen LogP contribution is 2.26. The number of nitrogens with zero attached hydrogens (tertiary/aromatic N) is 2. The van der Waals surface area contributed by atoms with Gasteiger partial charge in [0.1, 0.15) is 0 Å². The summed E-state index contributed by atoms with van der Waals surface area (Å²) < 4.78 is 2.94.